The number of carbonyl (C=O) groups is 3. The molecule has 3 aromatic carbocycles. The summed E-state index contributed by atoms with van der Waals surface area (Å²) in [5, 5.41) is 78.6. The van der Waals surface area contributed by atoms with Crippen molar-refractivity contribution in [2.75, 3.05) is 63.7 Å². The molecular formula is C61H75FN6O15. The van der Waals surface area contributed by atoms with E-state index in [4.69, 9.17) is 28.8 Å². The van der Waals surface area contributed by atoms with Crippen LogP contribution in [0.5, 0.6) is 28.7 Å². The lowest BCUT2D eigenvalue weighted by Gasteiger charge is -2.38. The topological polar surface area (TPSA) is 275 Å². The minimum absolute atomic E-state index is 0.00258. The van der Waals surface area contributed by atoms with E-state index in [1.807, 2.05) is 9.47 Å². The Morgan fingerprint density at radius 2 is 1.61 bits per heavy atom. The quantitative estimate of drug-likeness (QED) is 0.0284. The van der Waals surface area contributed by atoms with Crippen molar-refractivity contribution in [3.63, 3.8) is 0 Å². The van der Waals surface area contributed by atoms with Crippen molar-refractivity contribution in [2.45, 2.75) is 117 Å². The van der Waals surface area contributed by atoms with Crippen molar-refractivity contribution in [1.82, 2.24) is 14.5 Å². The Bertz CT molecular complexity index is 3460. The SMILES string of the molecule is C=C(O)c1cn(C2CC2)c2c(OC)c(N3CCC(N4CCN(/N=C/c5c6c(O)c7c(O)c(C)c8c(c7c5O)C(=O)[C@@](C)(O/C=C/[C@H](OC)[C@@H](C)[C@@H](OC(C)=O)[C@H](C)[C@H](O)[C@H](C)[C@@H](O)[C@@H](C)/C=C/C=C(/C)C(=O)N6)O8)CC4)C3)c(F)cc2c1=O. The molecular weight excluding hydrogens is 1080 g/mol. The highest BCUT2D eigenvalue weighted by molar-refractivity contribution is 6.24. The number of aliphatic hydroxyl groups excluding tert-OH is 3. The highest BCUT2D eigenvalue weighted by atomic mass is 19.1. The van der Waals surface area contributed by atoms with Crippen molar-refractivity contribution in [3.05, 3.63) is 93.3 Å². The second kappa shape index (κ2) is 23.5. The lowest BCUT2D eigenvalue weighted by molar-refractivity contribution is -0.160. The van der Waals surface area contributed by atoms with Crippen LogP contribution in [0.25, 0.3) is 27.4 Å². The van der Waals surface area contributed by atoms with Crippen molar-refractivity contribution >= 4 is 62.7 Å². The lowest BCUT2D eigenvalue weighted by Crippen LogP contribution is -2.49. The van der Waals surface area contributed by atoms with Gasteiger partial charge in [0.25, 0.3) is 11.7 Å². The Kier molecular flexibility index (Phi) is 17.0. The number of pyridine rings is 1. The zero-order chi connectivity index (χ0) is 60.3. The maximum atomic E-state index is 16.3. The normalized spacial score (nSPS) is 29.0. The molecule has 6 aliphatic rings. The summed E-state index contributed by atoms with van der Waals surface area (Å²) in [7, 11) is 2.87. The number of aromatic hydroxyl groups is 3. The number of ketones is 1. The Labute approximate surface area is 480 Å². The molecule has 83 heavy (non-hydrogen) atoms. The number of esters is 1. The maximum absolute atomic E-state index is 16.3. The predicted octanol–water partition coefficient (Wildman–Crippen LogP) is 7.31. The summed E-state index contributed by atoms with van der Waals surface area (Å²) in [6, 6.07) is 1.26. The van der Waals surface area contributed by atoms with E-state index >= 15 is 4.39 Å². The number of methoxy groups -OCH3 is 2. The molecule has 0 spiro atoms. The molecule has 4 aromatic rings. The van der Waals surface area contributed by atoms with E-state index in [9.17, 15) is 49.8 Å². The van der Waals surface area contributed by atoms with E-state index in [-0.39, 0.29) is 78.9 Å². The third-order valence-corrected chi connectivity index (χ3v) is 17.3. The first-order chi connectivity index (χ1) is 39.3. The second-order valence-corrected chi connectivity index (χ2v) is 22.8. The van der Waals surface area contributed by atoms with Gasteiger partial charge in [-0.3, -0.25) is 29.1 Å². The van der Waals surface area contributed by atoms with E-state index in [1.165, 1.54) is 72.6 Å². The Morgan fingerprint density at radius 1 is 0.916 bits per heavy atom. The maximum Gasteiger partial charge on any atom is 0.312 e. The fraction of sp³-hybridized carbons (Fsp3) is 0.492. The van der Waals surface area contributed by atoms with Gasteiger partial charge in [0.2, 0.25) is 5.43 Å². The van der Waals surface area contributed by atoms with Gasteiger partial charge in [0.1, 0.15) is 34.8 Å². The molecule has 1 aromatic heterocycles. The molecule has 7 N–H and O–H groups in total. The van der Waals surface area contributed by atoms with Gasteiger partial charge in [0.05, 0.1) is 76.6 Å². The second-order valence-electron chi connectivity index (χ2n) is 22.8. The van der Waals surface area contributed by atoms with Crippen LogP contribution in [0.2, 0.25) is 0 Å². The molecule has 446 valence electrons. The van der Waals surface area contributed by atoms with Crippen molar-refractivity contribution in [3.8, 4) is 28.7 Å². The molecule has 22 heteroatoms. The van der Waals surface area contributed by atoms with Crippen molar-refractivity contribution < 1.29 is 73.1 Å². The zero-order valence-corrected chi connectivity index (χ0v) is 48.4. The van der Waals surface area contributed by atoms with Gasteiger partial charge in [-0.25, -0.2) is 4.39 Å². The lowest BCUT2D eigenvalue weighted by atomic mass is 9.78. The van der Waals surface area contributed by atoms with Crippen LogP contribution in [0.1, 0.15) is 101 Å². The number of piperazine rings is 1. The highest BCUT2D eigenvalue weighted by Gasteiger charge is 2.50. The number of carbonyl (C=O) groups excluding carboxylic acids is 3. The summed E-state index contributed by atoms with van der Waals surface area (Å²) < 4.78 is 48.0. The number of amides is 1. The number of nitrogens with zero attached hydrogens (tertiary/aromatic N) is 5. The molecule has 1 unspecified atom stereocenters. The molecule has 1 aliphatic carbocycles. The first-order valence-corrected chi connectivity index (χ1v) is 28.0. The van der Waals surface area contributed by atoms with E-state index in [0.717, 1.165) is 12.8 Å². The number of halogens is 1. The van der Waals surface area contributed by atoms with Gasteiger partial charge in [-0.15, -0.1) is 0 Å². The van der Waals surface area contributed by atoms with Crippen LogP contribution in [-0.4, -0.2) is 159 Å². The van der Waals surface area contributed by atoms with E-state index < -0.39 is 106 Å². The number of Topliss-reactive ketones (excluding diaryl/α,β-unsaturated/α-hetero) is 1. The molecule has 5 bridgehead atoms. The Hall–Kier alpha value is -7.66. The molecule has 1 amide bonds. The number of hydrazone groups is 1. The predicted molar refractivity (Wildman–Crippen MR) is 310 cm³/mol. The third-order valence-electron chi connectivity index (χ3n) is 17.3. The number of allylic oxidation sites excluding steroid dienone is 2. The average Bonchev–Trinajstić information content (AvgIpc) is 1.90. The number of anilines is 2. The number of fused-ring (bicyclic) bond motifs is 15. The molecule has 10 rings (SSSR count). The van der Waals surface area contributed by atoms with Gasteiger partial charge < -0.3 is 69.1 Å². The van der Waals surface area contributed by atoms with Crippen molar-refractivity contribution in [2.24, 2.45) is 28.8 Å². The number of nitrogens with one attached hydrogen (secondary N) is 1. The fourth-order valence-electron chi connectivity index (χ4n) is 12.2. The number of hydrogen-bond acceptors (Lipinski definition) is 19. The van der Waals surface area contributed by atoms with Gasteiger partial charge in [-0.05, 0) is 45.3 Å². The number of phenols is 3. The summed E-state index contributed by atoms with van der Waals surface area (Å²) in [4.78, 5) is 59.1. The fourth-order valence-corrected chi connectivity index (χ4v) is 12.2. The molecule has 2 saturated heterocycles. The summed E-state index contributed by atoms with van der Waals surface area (Å²) in [6.45, 7) is 18.7. The van der Waals surface area contributed by atoms with Crippen molar-refractivity contribution in [1.29, 1.82) is 0 Å². The summed E-state index contributed by atoms with van der Waals surface area (Å²) >= 11 is 0. The number of ether oxygens (including phenoxy) is 5. The van der Waals surface area contributed by atoms with Crippen LogP contribution >= 0.6 is 0 Å². The summed E-state index contributed by atoms with van der Waals surface area (Å²) in [5.41, 5.74) is -0.478. The third kappa shape index (κ3) is 11.1. The standard InChI is InChI=1S/C61H75FN6O15/c1-29-13-12-14-30(2)60(78)64-47-40(26-63-67-22-20-65(21-23-67)38-17-19-66(27-38)49-42(62)25-39-48(58(49)80-11)68(37-15-16-37)28-41(35(7)69)53(39)74)54(75)44-45(55(47)76)52(73)34(6)57-46(44)59(77)61(9,83-57)81-24-18-43(79-10)31(3)56(82-36(8)70)33(5)51(72)32(4)50(29)71/h12-14,18,24-26,28-29,31-33,37-38,43,50-51,56,69,71-73,75-76H,7,15-17,19-23,27H2,1-6,8-11H3,(H,64,78)/b13-12+,24-18+,30-14-,63-26+/t29-,31+,32+,33+,38?,43-,50-,51+,56+,61-/m0/s1. The monoisotopic (exact) mass is 1150 g/mol. The smallest absolute Gasteiger partial charge is 0.312 e. The first-order valence-electron chi connectivity index (χ1n) is 28.0. The summed E-state index contributed by atoms with van der Waals surface area (Å²) in [6.07, 6.45) is 8.52. The Balaban J connectivity index is 1.03. The van der Waals surface area contributed by atoms with Crippen LogP contribution in [-0.2, 0) is 23.8 Å². The van der Waals surface area contributed by atoms with Crippen LogP contribution in [0.3, 0.4) is 0 Å². The number of rotatable bonds is 9. The molecule has 0 radical (unpaired) electrons. The van der Waals surface area contributed by atoms with Crippen LogP contribution < -0.4 is 25.1 Å². The number of hydrogen-bond donors (Lipinski definition) is 7. The highest BCUT2D eigenvalue weighted by Crippen LogP contribution is 2.55. The van der Waals surface area contributed by atoms with E-state index in [2.05, 4.69) is 16.8 Å². The molecule has 5 aliphatic heterocycles. The molecule has 21 nitrogen and oxygen atoms in total. The molecule has 3 fully saturated rings. The van der Waals surface area contributed by atoms with Gasteiger partial charge in [-0.1, -0.05) is 52.5 Å². The number of aromatic nitrogens is 1. The summed E-state index contributed by atoms with van der Waals surface area (Å²) in [5.74, 6) is -9.74. The van der Waals surface area contributed by atoms with Crippen LogP contribution in [0.15, 0.2) is 64.9 Å². The van der Waals surface area contributed by atoms with Crippen LogP contribution in [0, 0.1) is 36.4 Å². The van der Waals surface area contributed by atoms with Gasteiger partial charge in [-0.2, -0.15) is 5.10 Å². The average molecular weight is 1150 g/mol. The molecule has 10 atom stereocenters. The largest absolute Gasteiger partial charge is 0.508 e. The molecule has 1 saturated carbocycles. The zero-order valence-electron chi connectivity index (χ0n) is 48.4. The number of aliphatic hydroxyl groups is 3. The van der Waals surface area contributed by atoms with Crippen LogP contribution in [0.4, 0.5) is 15.8 Å². The number of phenolic OH excluding ortho intramolecular Hbond substituents is 3. The minimum Gasteiger partial charge on any atom is -0.508 e. The van der Waals surface area contributed by atoms with Gasteiger partial charge >= 0.3 is 11.8 Å². The van der Waals surface area contributed by atoms with Gasteiger partial charge in [0, 0.05) is 119 Å². The molecule has 6 heterocycles. The number of benzene rings is 3. The van der Waals surface area contributed by atoms with E-state index in [1.54, 1.807) is 51.1 Å². The minimum atomic E-state index is -2.12. The van der Waals surface area contributed by atoms with Gasteiger partial charge in [0.15, 0.2) is 17.3 Å². The van der Waals surface area contributed by atoms with E-state index in [0.29, 0.717) is 51.2 Å². The first kappa shape index (κ1) is 59.9. The Morgan fingerprint density at radius 3 is 2.25 bits per heavy atom.